The van der Waals surface area contributed by atoms with Crippen molar-refractivity contribution in [2.45, 2.75) is 52.4 Å². The monoisotopic (exact) mass is 748 g/mol. The predicted molar refractivity (Wildman–Crippen MR) is 221 cm³/mol. The van der Waals surface area contributed by atoms with E-state index in [4.69, 9.17) is 13.6 Å². The van der Waals surface area contributed by atoms with Crippen molar-refractivity contribution >= 4 is 12.2 Å². The molecule has 0 saturated heterocycles. The third kappa shape index (κ3) is 8.96. The molecule has 1 aliphatic rings. The molecule has 0 radical (unpaired) electrons. The van der Waals surface area contributed by atoms with E-state index < -0.39 is 0 Å². The Morgan fingerprint density at radius 3 is 1.09 bits per heavy atom. The number of nitriles is 2. The molecule has 0 saturated carbocycles. The molecule has 7 rings (SSSR count). The number of hydrogen-bond acceptors (Lipinski definition) is 9. The van der Waals surface area contributed by atoms with Crippen LogP contribution in [0.4, 0.5) is 0 Å². The van der Waals surface area contributed by atoms with Gasteiger partial charge in [-0.3, -0.25) is 0 Å². The first-order valence-electron chi connectivity index (χ1n) is 18.5. The van der Waals surface area contributed by atoms with Crippen molar-refractivity contribution < 1.29 is 13.6 Å². The zero-order valence-electron chi connectivity index (χ0n) is 32.6. The maximum atomic E-state index is 9.62. The molecule has 0 atom stereocenters. The van der Waals surface area contributed by atoms with E-state index in [1.54, 1.807) is 24.3 Å². The lowest BCUT2D eigenvalue weighted by Crippen LogP contribution is -2.10. The highest BCUT2D eigenvalue weighted by Gasteiger charge is 2.17. The topological polar surface area (TPSA) is 135 Å². The third-order valence-electron chi connectivity index (χ3n) is 9.38. The van der Waals surface area contributed by atoms with Gasteiger partial charge in [-0.1, -0.05) is 102 Å². The van der Waals surface area contributed by atoms with Crippen LogP contribution in [0.5, 0.6) is 0 Å². The van der Waals surface area contributed by atoms with E-state index in [-0.39, 0.29) is 16.4 Å². The molecule has 2 aromatic heterocycles. The number of aromatic nitrogens is 4. The Labute approximate surface area is 332 Å². The summed E-state index contributed by atoms with van der Waals surface area (Å²) in [6.45, 7) is 13.1. The average molecular weight is 749 g/mol. The molecular weight excluding hydrogens is 709 g/mol. The summed E-state index contributed by atoms with van der Waals surface area (Å²) < 4.78 is 18.2. The van der Waals surface area contributed by atoms with Gasteiger partial charge in [0.25, 0.3) is 0 Å². The summed E-state index contributed by atoms with van der Waals surface area (Å²) in [5.41, 5.74) is 8.09. The van der Waals surface area contributed by atoms with Crippen LogP contribution in [0.2, 0.25) is 0 Å². The number of rotatable bonds is 8. The lowest BCUT2D eigenvalue weighted by Gasteiger charge is -2.18. The van der Waals surface area contributed by atoms with Crippen LogP contribution in [0.25, 0.3) is 58.0 Å². The van der Waals surface area contributed by atoms with Crippen LogP contribution < -0.4 is 0 Å². The second-order valence-electron chi connectivity index (χ2n) is 15.6. The van der Waals surface area contributed by atoms with Crippen molar-refractivity contribution in [3.05, 3.63) is 166 Å². The normalized spacial score (nSPS) is 13.2. The molecular formula is C48H40N6O3. The minimum atomic E-state index is -0.0167. The molecule has 0 bridgehead atoms. The molecule has 0 aliphatic carbocycles. The van der Waals surface area contributed by atoms with E-state index in [1.807, 2.05) is 97.1 Å². The van der Waals surface area contributed by atoms with Gasteiger partial charge in [-0.2, -0.15) is 10.5 Å². The second-order valence-corrected chi connectivity index (χ2v) is 15.6. The van der Waals surface area contributed by atoms with E-state index in [0.29, 0.717) is 40.7 Å². The SMILES string of the molecule is CC(C)(C)c1ccc(-c2nnc(-c3ccc(/C=C/C4=CC(=C(C#N)C#N)C=C(/C=C/c5ccc(-c6nnc(-c7ccc(C(C)(C)C)cc7)o6)cc5)O4)cc3)o2)cc1. The van der Waals surface area contributed by atoms with E-state index in [9.17, 15) is 10.5 Å². The summed E-state index contributed by atoms with van der Waals surface area (Å²) in [5.74, 6) is 2.70. The molecule has 0 N–H and O–H groups in total. The van der Waals surface area contributed by atoms with Gasteiger partial charge in [-0.05, 0) is 106 Å². The maximum Gasteiger partial charge on any atom is 0.248 e. The summed E-state index contributed by atoms with van der Waals surface area (Å²) >= 11 is 0. The van der Waals surface area contributed by atoms with Gasteiger partial charge in [0, 0.05) is 27.8 Å². The Morgan fingerprint density at radius 1 is 0.474 bits per heavy atom. The molecule has 4 aromatic carbocycles. The summed E-state index contributed by atoms with van der Waals surface area (Å²) in [7, 11) is 0. The average Bonchev–Trinajstić information content (AvgIpc) is 3.92. The largest absolute Gasteiger partial charge is 0.457 e. The molecule has 0 spiro atoms. The van der Waals surface area contributed by atoms with Crippen molar-refractivity contribution in [2.75, 3.05) is 0 Å². The van der Waals surface area contributed by atoms with Crippen LogP contribution in [0, 0.1) is 22.7 Å². The van der Waals surface area contributed by atoms with E-state index in [2.05, 4.69) is 86.2 Å². The van der Waals surface area contributed by atoms with Crippen molar-refractivity contribution in [3.8, 4) is 58.0 Å². The first-order chi connectivity index (χ1) is 27.4. The number of nitrogens with zero attached hydrogens (tertiary/aromatic N) is 6. The van der Waals surface area contributed by atoms with Crippen LogP contribution in [0.1, 0.15) is 63.8 Å². The fraction of sp³-hybridized carbons (Fsp3) is 0.167. The Kier molecular flexibility index (Phi) is 10.5. The van der Waals surface area contributed by atoms with Gasteiger partial charge in [0.15, 0.2) is 0 Å². The van der Waals surface area contributed by atoms with E-state index in [1.165, 1.54) is 11.1 Å². The summed E-state index contributed by atoms with van der Waals surface area (Å²) in [6.07, 6.45) is 10.7. The lowest BCUT2D eigenvalue weighted by molar-refractivity contribution is 0.332. The molecule has 9 nitrogen and oxygen atoms in total. The van der Waals surface area contributed by atoms with Crippen LogP contribution >= 0.6 is 0 Å². The van der Waals surface area contributed by atoms with Crippen LogP contribution in [-0.2, 0) is 15.6 Å². The third-order valence-corrected chi connectivity index (χ3v) is 9.38. The lowest BCUT2D eigenvalue weighted by atomic mass is 9.87. The molecule has 280 valence electrons. The zero-order valence-corrected chi connectivity index (χ0v) is 32.6. The van der Waals surface area contributed by atoms with Crippen LogP contribution in [0.3, 0.4) is 0 Å². The maximum absolute atomic E-state index is 9.62. The van der Waals surface area contributed by atoms with Crippen molar-refractivity contribution in [2.24, 2.45) is 0 Å². The molecule has 3 heterocycles. The molecule has 57 heavy (non-hydrogen) atoms. The first kappa shape index (κ1) is 37.9. The fourth-order valence-electron chi connectivity index (χ4n) is 5.97. The highest BCUT2D eigenvalue weighted by atomic mass is 16.5. The van der Waals surface area contributed by atoms with Crippen molar-refractivity contribution in [1.82, 2.24) is 20.4 Å². The number of ether oxygens (including phenoxy) is 1. The summed E-state index contributed by atoms with van der Waals surface area (Å²) in [4.78, 5) is 0. The zero-order chi connectivity index (χ0) is 40.2. The van der Waals surface area contributed by atoms with E-state index >= 15 is 0 Å². The fourth-order valence-corrected chi connectivity index (χ4v) is 5.97. The molecule has 6 aromatic rings. The highest BCUT2D eigenvalue weighted by molar-refractivity contribution is 5.65. The van der Waals surface area contributed by atoms with Crippen molar-refractivity contribution in [1.29, 1.82) is 10.5 Å². The van der Waals surface area contributed by atoms with Gasteiger partial charge in [0.05, 0.1) is 0 Å². The molecule has 1 aliphatic heterocycles. The quantitative estimate of drug-likeness (QED) is 0.139. The Bertz CT molecular complexity index is 2460. The molecule has 0 fully saturated rings. The van der Waals surface area contributed by atoms with Crippen LogP contribution in [-0.4, -0.2) is 20.4 Å². The highest BCUT2D eigenvalue weighted by Crippen LogP contribution is 2.31. The number of allylic oxidation sites excluding steroid dienone is 6. The minimum Gasteiger partial charge on any atom is -0.457 e. The molecule has 9 heteroatoms. The van der Waals surface area contributed by atoms with Gasteiger partial charge >= 0.3 is 0 Å². The molecule has 0 unspecified atom stereocenters. The standard InChI is InChI=1S/C48H40N6O3/c1-47(2,3)39-21-17-35(18-22-39)45-53-51-43(56-45)33-13-7-31(8-14-33)11-25-41-27-37(38(29-49)30-50)28-42(55-41)26-12-32-9-15-34(16-10-32)44-52-54-46(57-44)36-19-23-40(24-20-36)48(4,5)6/h7-28H,1-6H3/b25-11+,26-12+. The van der Waals surface area contributed by atoms with Crippen molar-refractivity contribution in [3.63, 3.8) is 0 Å². The Balaban J connectivity index is 1.02. The van der Waals surface area contributed by atoms with Gasteiger partial charge in [0.1, 0.15) is 29.2 Å². The van der Waals surface area contributed by atoms with E-state index in [0.717, 1.165) is 33.4 Å². The minimum absolute atomic E-state index is 0.0167. The van der Waals surface area contributed by atoms with Gasteiger partial charge in [0.2, 0.25) is 23.6 Å². The Morgan fingerprint density at radius 2 is 0.789 bits per heavy atom. The summed E-state index contributed by atoms with van der Waals surface area (Å²) in [5, 5.41) is 36.3. The predicted octanol–water partition coefficient (Wildman–Crippen LogP) is 11.6. The summed E-state index contributed by atoms with van der Waals surface area (Å²) in [6, 6.07) is 35.7. The Hall–Kier alpha value is -7.36. The second kappa shape index (κ2) is 15.8. The number of hydrogen-bond donors (Lipinski definition) is 0. The molecule has 0 amide bonds. The van der Waals surface area contributed by atoms with Gasteiger partial charge in [-0.25, -0.2) is 0 Å². The van der Waals surface area contributed by atoms with Crippen LogP contribution in [0.15, 0.2) is 153 Å². The smallest absolute Gasteiger partial charge is 0.248 e. The first-order valence-corrected chi connectivity index (χ1v) is 18.5. The van der Waals surface area contributed by atoms with Gasteiger partial charge < -0.3 is 13.6 Å². The number of benzene rings is 4. The van der Waals surface area contributed by atoms with Gasteiger partial charge in [-0.15, -0.1) is 20.4 Å².